The summed E-state index contributed by atoms with van der Waals surface area (Å²) in [4.78, 5) is 3.88. The highest BCUT2D eigenvalue weighted by molar-refractivity contribution is 5.64. The molecule has 0 aliphatic carbocycles. The zero-order chi connectivity index (χ0) is 11.4. The van der Waals surface area contributed by atoms with Gasteiger partial charge in [0, 0.05) is 12.7 Å². The van der Waals surface area contributed by atoms with Crippen LogP contribution < -0.4 is 11.1 Å². The van der Waals surface area contributed by atoms with Gasteiger partial charge in [0.1, 0.15) is 11.9 Å². The highest BCUT2D eigenvalue weighted by Gasteiger charge is 2.16. The summed E-state index contributed by atoms with van der Waals surface area (Å²) < 4.78 is 23.9. The van der Waals surface area contributed by atoms with Gasteiger partial charge < -0.3 is 16.2 Å². The number of alkyl halides is 2. The van der Waals surface area contributed by atoms with E-state index in [9.17, 15) is 8.78 Å². The number of aryl methyl sites for hydroxylation is 1. The van der Waals surface area contributed by atoms with Gasteiger partial charge in [-0.15, -0.1) is 0 Å². The zero-order valence-corrected chi connectivity index (χ0v) is 8.24. The Morgan fingerprint density at radius 1 is 1.60 bits per heavy atom. The number of aliphatic hydroxyl groups is 1. The number of pyridine rings is 1. The Kier molecular flexibility index (Phi) is 3.79. The molecule has 1 aromatic rings. The fourth-order valence-electron chi connectivity index (χ4n) is 1.00. The van der Waals surface area contributed by atoms with E-state index < -0.39 is 12.5 Å². The molecule has 4 nitrogen and oxygen atoms in total. The monoisotopic (exact) mass is 217 g/mol. The predicted molar refractivity (Wildman–Crippen MR) is 53.9 cm³/mol. The van der Waals surface area contributed by atoms with Crippen molar-refractivity contribution in [2.75, 3.05) is 17.6 Å². The smallest absolute Gasteiger partial charge is 0.265 e. The number of aromatic nitrogens is 1. The van der Waals surface area contributed by atoms with Crippen LogP contribution in [0, 0.1) is 6.92 Å². The Bertz CT molecular complexity index is 333. The van der Waals surface area contributed by atoms with Gasteiger partial charge in [-0.2, -0.15) is 0 Å². The van der Waals surface area contributed by atoms with Crippen molar-refractivity contribution in [2.45, 2.75) is 19.5 Å². The normalized spacial score (nSPS) is 12.9. The number of hydrogen-bond acceptors (Lipinski definition) is 4. The zero-order valence-electron chi connectivity index (χ0n) is 8.24. The van der Waals surface area contributed by atoms with E-state index in [4.69, 9.17) is 10.8 Å². The first kappa shape index (κ1) is 11.6. The Labute approximate surface area is 86.1 Å². The van der Waals surface area contributed by atoms with Crippen LogP contribution in [-0.2, 0) is 0 Å². The van der Waals surface area contributed by atoms with Crippen molar-refractivity contribution < 1.29 is 13.9 Å². The maximum atomic E-state index is 12.0. The van der Waals surface area contributed by atoms with Gasteiger partial charge in [0.15, 0.2) is 0 Å². The first-order valence-corrected chi connectivity index (χ1v) is 4.43. The lowest BCUT2D eigenvalue weighted by Crippen LogP contribution is -2.27. The summed E-state index contributed by atoms with van der Waals surface area (Å²) in [6.45, 7) is 1.50. The molecule has 1 aromatic heterocycles. The summed E-state index contributed by atoms with van der Waals surface area (Å²) in [5, 5.41) is 11.4. The third kappa shape index (κ3) is 3.02. The molecule has 0 aromatic carbocycles. The van der Waals surface area contributed by atoms with Gasteiger partial charge in [0.05, 0.1) is 5.69 Å². The van der Waals surface area contributed by atoms with Crippen molar-refractivity contribution in [2.24, 2.45) is 0 Å². The molecule has 0 aliphatic heterocycles. The van der Waals surface area contributed by atoms with Crippen molar-refractivity contribution >= 4 is 11.5 Å². The molecule has 0 saturated carbocycles. The average Bonchev–Trinajstić information content (AvgIpc) is 2.19. The lowest BCUT2D eigenvalue weighted by atomic mass is 10.2. The summed E-state index contributed by atoms with van der Waals surface area (Å²) in [5.74, 6) is 0.315. The standard InChI is InChI=1S/C9H13F2N3O/c1-5-2-3-13-9(7(5)12)14-4-6(15)8(10)11/h2-3,6,8,15H,4,12H2,1H3,(H,13,14). The van der Waals surface area contributed by atoms with Crippen molar-refractivity contribution in [1.29, 1.82) is 0 Å². The van der Waals surface area contributed by atoms with Crippen LogP contribution in [0.25, 0.3) is 0 Å². The predicted octanol–water partition coefficient (Wildman–Crippen LogP) is 1.01. The van der Waals surface area contributed by atoms with Crippen LogP contribution >= 0.6 is 0 Å². The molecule has 1 rings (SSSR count). The van der Waals surface area contributed by atoms with Gasteiger partial charge in [0.25, 0.3) is 6.43 Å². The molecule has 0 aliphatic rings. The molecule has 6 heteroatoms. The van der Waals surface area contributed by atoms with Crippen molar-refractivity contribution in [1.82, 2.24) is 4.98 Å². The van der Waals surface area contributed by atoms with Crippen molar-refractivity contribution in [3.8, 4) is 0 Å². The maximum absolute atomic E-state index is 12.0. The lowest BCUT2D eigenvalue weighted by Gasteiger charge is -2.13. The maximum Gasteiger partial charge on any atom is 0.265 e. The number of nitrogens with one attached hydrogen (secondary N) is 1. The van der Waals surface area contributed by atoms with Crippen LogP contribution in [0.1, 0.15) is 5.56 Å². The highest BCUT2D eigenvalue weighted by Crippen LogP contribution is 2.18. The Morgan fingerprint density at radius 2 is 2.27 bits per heavy atom. The van der Waals surface area contributed by atoms with E-state index in [0.717, 1.165) is 5.56 Å². The van der Waals surface area contributed by atoms with E-state index in [2.05, 4.69) is 10.3 Å². The number of nitrogens with zero attached hydrogens (tertiary/aromatic N) is 1. The van der Waals surface area contributed by atoms with E-state index in [1.165, 1.54) is 6.20 Å². The minimum atomic E-state index is -2.77. The Hall–Kier alpha value is -1.43. The number of aliphatic hydroxyl groups excluding tert-OH is 1. The number of nitrogens with two attached hydrogens (primary N) is 1. The molecule has 1 atom stereocenters. The van der Waals surface area contributed by atoms with Crippen LogP contribution in [0.3, 0.4) is 0 Å². The fraction of sp³-hybridized carbons (Fsp3) is 0.444. The molecular weight excluding hydrogens is 204 g/mol. The first-order chi connectivity index (χ1) is 7.02. The van der Waals surface area contributed by atoms with E-state index >= 15 is 0 Å². The number of anilines is 2. The minimum Gasteiger partial charge on any atom is -0.396 e. The molecule has 4 N–H and O–H groups in total. The van der Waals surface area contributed by atoms with Gasteiger partial charge in [-0.3, -0.25) is 0 Å². The van der Waals surface area contributed by atoms with Gasteiger partial charge >= 0.3 is 0 Å². The molecule has 0 spiro atoms. The average molecular weight is 217 g/mol. The van der Waals surface area contributed by atoms with Gasteiger partial charge in [0.2, 0.25) is 0 Å². The van der Waals surface area contributed by atoms with Gasteiger partial charge in [-0.05, 0) is 18.6 Å². The molecule has 15 heavy (non-hydrogen) atoms. The first-order valence-electron chi connectivity index (χ1n) is 4.43. The molecule has 84 valence electrons. The Balaban J connectivity index is 2.62. The summed E-state index contributed by atoms with van der Waals surface area (Å²) in [7, 11) is 0. The molecule has 0 amide bonds. The number of hydrogen-bond donors (Lipinski definition) is 3. The highest BCUT2D eigenvalue weighted by atomic mass is 19.3. The number of nitrogen functional groups attached to an aromatic ring is 1. The molecule has 1 unspecified atom stereocenters. The summed E-state index contributed by atoms with van der Waals surface area (Å²) in [6, 6.07) is 1.71. The second-order valence-electron chi connectivity index (χ2n) is 3.17. The largest absolute Gasteiger partial charge is 0.396 e. The van der Waals surface area contributed by atoms with Crippen LogP contribution in [-0.4, -0.2) is 29.2 Å². The molecular formula is C9H13F2N3O. The van der Waals surface area contributed by atoms with E-state index in [-0.39, 0.29) is 6.54 Å². The van der Waals surface area contributed by atoms with E-state index in [0.29, 0.717) is 11.5 Å². The second kappa shape index (κ2) is 4.88. The van der Waals surface area contributed by atoms with Crippen molar-refractivity contribution in [3.05, 3.63) is 17.8 Å². The molecule has 0 saturated heterocycles. The fourth-order valence-corrected chi connectivity index (χ4v) is 1.00. The van der Waals surface area contributed by atoms with Crippen LogP contribution in [0.2, 0.25) is 0 Å². The summed E-state index contributed by atoms with van der Waals surface area (Å²) in [5.41, 5.74) is 6.86. The van der Waals surface area contributed by atoms with Gasteiger partial charge in [-0.25, -0.2) is 13.8 Å². The third-order valence-electron chi connectivity index (χ3n) is 1.98. The summed E-state index contributed by atoms with van der Waals surface area (Å²) in [6.07, 6.45) is -2.97. The summed E-state index contributed by atoms with van der Waals surface area (Å²) >= 11 is 0. The quantitative estimate of drug-likeness (QED) is 0.704. The molecule has 0 bridgehead atoms. The van der Waals surface area contributed by atoms with E-state index in [1.54, 1.807) is 13.0 Å². The molecule has 0 radical (unpaired) electrons. The third-order valence-corrected chi connectivity index (χ3v) is 1.98. The van der Waals surface area contributed by atoms with Crippen LogP contribution in [0.5, 0.6) is 0 Å². The number of halogens is 2. The van der Waals surface area contributed by atoms with Crippen LogP contribution in [0.15, 0.2) is 12.3 Å². The number of rotatable bonds is 4. The lowest BCUT2D eigenvalue weighted by molar-refractivity contribution is 0.00381. The topological polar surface area (TPSA) is 71.2 Å². The SMILES string of the molecule is Cc1ccnc(NCC(O)C(F)F)c1N. The molecule has 1 heterocycles. The Morgan fingerprint density at radius 3 is 2.87 bits per heavy atom. The van der Waals surface area contributed by atoms with E-state index in [1.807, 2.05) is 0 Å². The van der Waals surface area contributed by atoms with Crippen molar-refractivity contribution in [3.63, 3.8) is 0 Å². The van der Waals surface area contributed by atoms with Gasteiger partial charge in [-0.1, -0.05) is 0 Å². The van der Waals surface area contributed by atoms with Crippen LogP contribution in [0.4, 0.5) is 20.3 Å². The minimum absolute atomic E-state index is 0.279. The second-order valence-corrected chi connectivity index (χ2v) is 3.17. The molecule has 0 fully saturated rings.